The zero-order valence-electron chi connectivity index (χ0n) is 14.3. The Morgan fingerprint density at radius 1 is 1.08 bits per heavy atom. The van der Waals surface area contributed by atoms with Gasteiger partial charge in [-0.15, -0.1) is 0 Å². The number of hydrogen-bond donors (Lipinski definition) is 1. The molecule has 1 amide bonds. The topological polar surface area (TPSA) is 52.7 Å². The summed E-state index contributed by atoms with van der Waals surface area (Å²) in [6.07, 6.45) is -0.265. The third-order valence-corrected chi connectivity index (χ3v) is 5.14. The number of amides is 1. The van der Waals surface area contributed by atoms with E-state index in [4.69, 9.17) is 0 Å². The minimum Gasteiger partial charge on any atom is -0.362 e. The first kappa shape index (κ1) is 15.7. The number of Topliss-reactive ketones (excluding diaryl/α,β-unsaturated/α-hetero) is 1. The molecule has 0 spiro atoms. The zero-order valence-corrected chi connectivity index (χ0v) is 14.3. The molecule has 0 saturated carbocycles. The van der Waals surface area contributed by atoms with Gasteiger partial charge in [0, 0.05) is 12.2 Å². The molecule has 0 bridgehead atoms. The molecule has 2 aromatic carbocycles. The van der Waals surface area contributed by atoms with Gasteiger partial charge in [0.15, 0.2) is 0 Å². The van der Waals surface area contributed by atoms with Crippen LogP contribution in [-0.4, -0.2) is 30.4 Å². The van der Waals surface area contributed by atoms with Crippen LogP contribution in [0.4, 0.5) is 17.1 Å². The van der Waals surface area contributed by atoms with Crippen LogP contribution in [0.15, 0.2) is 54.6 Å². The van der Waals surface area contributed by atoms with Crippen LogP contribution in [0.25, 0.3) is 0 Å². The van der Waals surface area contributed by atoms with E-state index in [-0.39, 0.29) is 23.9 Å². The summed E-state index contributed by atoms with van der Waals surface area (Å²) in [7, 11) is 0. The van der Waals surface area contributed by atoms with E-state index in [0.717, 1.165) is 23.6 Å². The number of hydrogen-bond acceptors (Lipinski definition) is 4. The monoisotopic (exact) mass is 335 g/mol. The first-order chi connectivity index (χ1) is 12.1. The van der Waals surface area contributed by atoms with Crippen molar-refractivity contribution in [2.75, 3.05) is 21.7 Å². The van der Waals surface area contributed by atoms with E-state index in [2.05, 4.69) is 17.1 Å². The SMILES string of the molecule is CCN1c2ccccc2N[C@@H]2[C@H]1[C@@H](C(C)=O)C(=O)N2c1ccccc1. The average Bonchev–Trinajstić information content (AvgIpc) is 2.92. The predicted octanol–water partition coefficient (Wildman–Crippen LogP) is 2.89. The average molecular weight is 335 g/mol. The Balaban J connectivity index is 1.86. The van der Waals surface area contributed by atoms with Crippen LogP contribution in [0.5, 0.6) is 0 Å². The van der Waals surface area contributed by atoms with Crippen LogP contribution in [0.1, 0.15) is 13.8 Å². The van der Waals surface area contributed by atoms with E-state index in [0.29, 0.717) is 0 Å². The molecule has 0 unspecified atom stereocenters. The fraction of sp³-hybridized carbons (Fsp3) is 0.300. The number of likely N-dealkylation sites (N-methyl/N-ethyl adjacent to an activating group) is 1. The summed E-state index contributed by atoms with van der Waals surface area (Å²) in [6, 6.07) is 17.4. The lowest BCUT2D eigenvalue weighted by molar-refractivity contribution is -0.129. The normalized spacial score (nSPS) is 24.6. The Bertz CT molecular complexity index is 821. The molecule has 0 aliphatic carbocycles. The second-order valence-electron chi connectivity index (χ2n) is 6.52. The molecule has 5 heteroatoms. The van der Waals surface area contributed by atoms with Crippen molar-refractivity contribution in [3.05, 3.63) is 54.6 Å². The molecular formula is C20H21N3O2. The first-order valence-electron chi connectivity index (χ1n) is 8.64. The molecule has 1 N–H and O–H groups in total. The molecule has 0 aromatic heterocycles. The van der Waals surface area contributed by atoms with Crippen molar-refractivity contribution in [3.8, 4) is 0 Å². The lowest BCUT2D eigenvalue weighted by atomic mass is 9.93. The summed E-state index contributed by atoms with van der Waals surface area (Å²) in [5.74, 6) is -0.878. The van der Waals surface area contributed by atoms with Crippen LogP contribution < -0.4 is 15.1 Å². The minimum absolute atomic E-state index is 0.0851. The number of carbonyl (C=O) groups is 2. The minimum atomic E-state index is -0.661. The van der Waals surface area contributed by atoms with Gasteiger partial charge in [0.25, 0.3) is 0 Å². The summed E-state index contributed by atoms with van der Waals surface area (Å²) in [5.41, 5.74) is 2.85. The van der Waals surface area contributed by atoms with E-state index in [1.807, 2.05) is 54.6 Å². The smallest absolute Gasteiger partial charge is 0.241 e. The molecule has 25 heavy (non-hydrogen) atoms. The molecule has 1 fully saturated rings. The maximum atomic E-state index is 13.2. The number of fused-ring (bicyclic) bond motifs is 2. The predicted molar refractivity (Wildman–Crippen MR) is 98.8 cm³/mol. The summed E-state index contributed by atoms with van der Waals surface area (Å²) in [4.78, 5) is 29.5. The van der Waals surface area contributed by atoms with Gasteiger partial charge in [-0.2, -0.15) is 0 Å². The standard InChI is InChI=1S/C20H21N3O2/c1-3-22-16-12-8-7-11-15(16)21-19-18(22)17(13(2)24)20(25)23(19)14-9-5-4-6-10-14/h4-12,17-19,21H,3H2,1-2H3/t17-,18-,19+/m1/s1. The lowest BCUT2D eigenvalue weighted by Crippen LogP contribution is -2.55. The van der Waals surface area contributed by atoms with Gasteiger partial charge >= 0.3 is 0 Å². The zero-order chi connectivity index (χ0) is 17.6. The van der Waals surface area contributed by atoms with Gasteiger partial charge in [0.2, 0.25) is 5.91 Å². The Morgan fingerprint density at radius 2 is 1.76 bits per heavy atom. The van der Waals surface area contributed by atoms with Gasteiger partial charge in [-0.25, -0.2) is 0 Å². The summed E-state index contributed by atoms with van der Waals surface area (Å²) in [5, 5.41) is 3.50. The van der Waals surface area contributed by atoms with Crippen molar-refractivity contribution >= 4 is 28.8 Å². The molecule has 4 rings (SSSR count). The van der Waals surface area contributed by atoms with Gasteiger partial charge in [0.05, 0.1) is 17.4 Å². The fourth-order valence-corrected chi connectivity index (χ4v) is 4.11. The number of benzene rings is 2. The van der Waals surface area contributed by atoms with Crippen molar-refractivity contribution in [2.24, 2.45) is 5.92 Å². The Morgan fingerprint density at radius 3 is 2.44 bits per heavy atom. The van der Waals surface area contributed by atoms with Crippen LogP contribution in [0.3, 0.4) is 0 Å². The molecule has 2 aromatic rings. The second kappa shape index (κ2) is 5.92. The highest BCUT2D eigenvalue weighted by atomic mass is 16.2. The van der Waals surface area contributed by atoms with Crippen LogP contribution in [-0.2, 0) is 9.59 Å². The van der Waals surface area contributed by atoms with E-state index >= 15 is 0 Å². The summed E-state index contributed by atoms with van der Waals surface area (Å²) >= 11 is 0. The number of anilines is 3. The maximum Gasteiger partial charge on any atom is 0.241 e. The lowest BCUT2D eigenvalue weighted by Gasteiger charge is -2.43. The highest BCUT2D eigenvalue weighted by molar-refractivity contribution is 6.12. The van der Waals surface area contributed by atoms with Crippen LogP contribution >= 0.6 is 0 Å². The fourth-order valence-electron chi connectivity index (χ4n) is 4.11. The number of nitrogens with zero attached hydrogens (tertiary/aromatic N) is 2. The number of ketones is 1. The third-order valence-electron chi connectivity index (χ3n) is 5.14. The first-order valence-corrected chi connectivity index (χ1v) is 8.64. The van der Waals surface area contributed by atoms with E-state index in [1.165, 1.54) is 6.92 Å². The Kier molecular flexibility index (Phi) is 3.71. The van der Waals surface area contributed by atoms with Crippen LogP contribution in [0, 0.1) is 5.92 Å². The Hall–Kier alpha value is -2.82. The molecule has 2 aliphatic rings. The third kappa shape index (κ3) is 2.30. The van der Waals surface area contributed by atoms with Gasteiger partial charge in [-0.1, -0.05) is 30.3 Å². The van der Waals surface area contributed by atoms with Crippen molar-refractivity contribution in [1.29, 1.82) is 0 Å². The number of rotatable bonds is 3. The number of carbonyl (C=O) groups excluding carboxylic acids is 2. The van der Waals surface area contributed by atoms with Gasteiger partial charge in [-0.3, -0.25) is 14.5 Å². The largest absolute Gasteiger partial charge is 0.362 e. The van der Waals surface area contributed by atoms with E-state index < -0.39 is 5.92 Å². The molecule has 2 aliphatic heterocycles. The molecule has 5 nitrogen and oxygen atoms in total. The highest BCUT2D eigenvalue weighted by Gasteiger charge is 2.55. The van der Waals surface area contributed by atoms with Gasteiger partial charge in [-0.05, 0) is 38.1 Å². The van der Waals surface area contributed by atoms with Gasteiger partial charge < -0.3 is 10.2 Å². The summed E-state index contributed by atoms with van der Waals surface area (Å²) in [6.45, 7) is 4.31. The molecule has 0 radical (unpaired) electrons. The number of para-hydroxylation sites is 3. The van der Waals surface area contributed by atoms with Gasteiger partial charge in [0.1, 0.15) is 17.9 Å². The highest BCUT2D eigenvalue weighted by Crippen LogP contribution is 2.42. The number of nitrogens with one attached hydrogen (secondary N) is 1. The summed E-state index contributed by atoms with van der Waals surface area (Å²) < 4.78 is 0. The van der Waals surface area contributed by atoms with Crippen molar-refractivity contribution in [3.63, 3.8) is 0 Å². The van der Waals surface area contributed by atoms with Crippen molar-refractivity contribution in [1.82, 2.24) is 0 Å². The van der Waals surface area contributed by atoms with Crippen LogP contribution in [0.2, 0.25) is 0 Å². The molecule has 128 valence electrons. The Labute approximate surface area is 147 Å². The molecule has 1 saturated heterocycles. The molecule has 3 atom stereocenters. The second-order valence-corrected chi connectivity index (χ2v) is 6.52. The maximum absolute atomic E-state index is 13.2. The van der Waals surface area contributed by atoms with E-state index in [1.54, 1.807) is 4.90 Å². The van der Waals surface area contributed by atoms with E-state index in [9.17, 15) is 9.59 Å². The van der Waals surface area contributed by atoms with Crippen molar-refractivity contribution < 1.29 is 9.59 Å². The molecule has 2 heterocycles. The van der Waals surface area contributed by atoms with Crippen molar-refractivity contribution in [2.45, 2.75) is 26.1 Å². The quantitative estimate of drug-likeness (QED) is 0.877. The molecular weight excluding hydrogens is 314 g/mol.